The number of fused-ring (bicyclic) bond motifs is 1. The predicted molar refractivity (Wildman–Crippen MR) is 61.3 cm³/mol. The number of pyridine rings is 1. The van der Waals surface area contributed by atoms with Gasteiger partial charge in [0.05, 0.1) is 6.04 Å². The molecule has 0 spiro atoms. The number of halogens is 2. The zero-order valence-corrected chi connectivity index (χ0v) is 12.9. The van der Waals surface area contributed by atoms with Crippen molar-refractivity contribution in [1.82, 2.24) is 9.88 Å². The summed E-state index contributed by atoms with van der Waals surface area (Å²) in [6, 6.07) is 2.52. The summed E-state index contributed by atoms with van der Waals surface area (Å²) in [5.41, 5.74) is 0.342. The maximum atomic E-state index is 13.7. The van der Waals surface area contributed by atoms with Crippen molar-refractivity contribution >= 4 is 5.91 Å². The van der Waals surface area contributed by atoms with Gasteiger partial charge in [0.15, 0.2) is 0 Å². The number of rotatable bonds is 1. The van der Waals surface area contributed by atoms with Crippen molar-refractivity contribution in [2.45, 2.75) is 44.2 Å². The summed E-state index contributed by atoms with van der Waals surface area (Å²) in [6.45, 7) is 0. The van der Waals surface area contributed by atoms with E-state index >= 15 is 0 Å². The molecule has 7 heteroatoms. The van der Waals surface area contributed by atoms with Gasteiger partial charge < -0.3 is 4.90 Å². The Balaban J connectivity index is 0.000000704. The fourth-order valence-electron chi connectivity index (χ4n) is 3.14. The van der Waals surface area contributed by atoms with Crippen LogP contribution in [0.3, 0.4) is 0 Å². The van der Waals surface area contributed by atoms with E-state index in [1.807, 2.05) is 0 Å². The van der Waals surface area contributed by atoms with Crippen molar-refractivity contribution in [1.29, 1.82) is 0 Å². The normalized spacial score (nSPS) is 25.0. The molecule has 1 aromatic rings. The van der Waals surface area contributed by atoms with Gasteiger partial charge in [-0.05, 0) is 37.8 Å². The minimum absolute atomic E-state index is 0.0810. The zero-order chi connectivity index (χ0) is 14.7. The van der Waals surface area contributed by atoms with Crippen LogP contribution in [-0.4, -0.2) is 21.8 Å². The van der Waals surface area contributed by atoms with E-state index in [4.69, 9.17) is 3.40 Å². The monoisotopic (exact) mass is 463 g/mol. The molecule has 2 aliphatic heterocycles. The fraction of sp³-hybridized carbons (Fsp3) is 0.538. The molecule has 0 saturated carbocycles. The van der Waals surface area contributed by atoms with Crippen molar-refractivity contribution in [3.63, 3.8) is 0 Å². The van der Waals surface area contributed by atoms with Gasteiger partial charge in [-0.2, -0.15) is 13.8 Å². The Bertz CT molecular complexity index is 515. The second-order valence-corrected chi connectivity index (χ2v) is 4.95. The molecule has 3 rings (SSSR count). The van der Waals surface area contributed by atoms with Crippen LogP contribution in [0.15, 0.2) is 12.1 Å². The quantitative estimate of drug-likeness (QED) is 0.602. The second-order valence-electron chi connectivity index (χ2n) is 4.95. The number of hydrogen-bond acceptors (Lipinski definition) is 3. The van der Waals surface area contributed by atoms with Crippen LogP contribution in [0.2, 0.25) is 0 Å². The molecule has 0 bridgehead atoms. The molecule has 2 atom stereocenters. The van der Waals surface area contributed by atoms with E-state index in [1.54, 1.807) is 4.90 Å². The van der Waals surface area contributed by atoms with Gasteiger partial charge >= 0.3 is 23.2 Å². The molecule has 4 nitrogen and oxygen atoms in total. The van der Waals surface area contributed by atoms with E-state index in [2.05, 4.69) is 4.98 Å². The van der Waals surface area contributed by atoms with Crippen molar-refractivity contribution < 1.29 is 36.8 Å². The van der Waals surface area contributed by atoms with Crippen LogP contribution >= 0.6 is 0 Å². The average Bonchev–Trinajstić information content (AvgIpc) is 2.86. The molecular formula is C13H14F2N2O2Pt. The van der Waals surface area contributed by atoms with Crippen LogP contribution in [-0.2, 0) is 28.0 Å². The molecule has 3 heterocycles. The summed E-state index contributed by atoms with van der Waals surface area (Å²) in [5, 5.41) is 0. The van der Waals surface area contributed by atoms with Crippen molar-refractivity contribution in [2.24, 2.45) is 0 Å². The summed E-state index contributed by atoms with van der Waals surface area (Å²) < 4.78 is 34.7. The van der Waals surface area contributed by atoms with Gasteiger partial charge in [-0.3, -0.25) is 4.79 Å². The number of carbonyl (C=O) groups is 1. The van der Waals surface area contributed by atoms with E-state index < -0.39 is 11.9 Å². The van der Waals surface area contributed by atoms with Crippen LogP contribution in [0, 0.1) is 11.9 Å². The van der Waals surface area contributed by atoms with Crippen LogP contribution in [0.5, 0.6) is 0 Å². The number of carbonyl (C=O) groups excluding carboxylic acids is 1. The molecule has 112 valence electrons. The predicted octanol–water partition coefficient (Wildman–Crippen LogP) is 2.45. The van der Waals surface area contributed by atoms with Gasteiger partial charge in [0.25, 0.3) is 0 Å². The molecule has 20 heavy (non-hydrogen) atoms. The van der Waals surface area contributed by atoms with Gasteiger partial charge in [-0.1, -0.05) is 0 Å². The van der Waals surface area contributed by atoms with Gasteiger partial charge in [0.2, 0.25) is 17.8 Å². The summed E-state index contributed by atoms with van der Waals surface area (Å²) in [7, 11) is 0. The van der Waals surface area contributed by atoms with Gasteiger partial charge in [-0.25, -0.2) is 0 Å². The molecular weight excluding hydrogens is 449 g/mol. The molecule has 1 amide bonds. The second kappa shape index (κ2) is 6.61. The first kappa shape index (κ1) is 15.4. The number of piperidine rings is 1. The van der Waals surface area contributed by atoms with Crippen molar-refractivity contribution in [3.05, 3.63) is 29.6 Å². The Morgan fingerprint density at radius 2 is 1.95 bits per heavy atom. The van der Waals surface area contributed by atoms with Gasteiger partial charge in [-0.15, -0.1) is 0 Å². The molecule has 0 radical (unpaired) electrons. The first-order valence-corrected chi connectivity index (χ1v) is 7.35. The minimum atomic E-state index is -0.823. The SMILES string of the molecule is O=C1CCC[C@H]2CC[C@@H](c3ccc(F)nc3F)N12.[O]=[Pt]. The van der Waals surface area contributed by atoms with E-state index in [0.717, 1.165) is 51.5 Å². The first-order valence-electron chi connectivity index (χ1n) is 6.43. The Labute approximate surface area is 126 Å². The number of nitrogens with zero attached hydrogens (tertiary/aromatic N) is 2. The number of aromatic nitrogens is 1. The molecule has 2 fully saturated rings. The molecule has 2 aliphatic rings. The van der Waals surface area contributed by atoms with Crippen molar-refractivity contribution in [2.75, 3.05) is 0 Å². The number of amides is 1. The molecule has 0 unspecified atom stereocenters. The molecule has 0 N–H and O–H groups in total. The van der Waals surface area contributed by atoms with E-state index in [9.17, 15) is 13.6 Å². The van der Waals surface area contributed by atoms with Crippen LogP contribution < -0.4 is 0 Å². The summed E-state index contributed by atoms with van der Waals surface area (Å²) in [6.07, 6.45) is 4.06. The van der Waals surface area contributed by atoms with Gasteiger partial charge in [0, 0.05) is 18.0 Å². The van der Waals surface area contributed by atoms with Gasteiger partial charge in [0.1, 0.15) is 0 Å². The number of hydrogen-bond donors (Lipinski definition) is 0. The molecule has 0 aliphatic carbocycles. The Hall–Kier alpha value is -1.03. The summed E-state index contributed by atoms with van der Waals surface area (Å²) in [4.78, 5) is 16.9. The average molecular weight is 463 g/mol. The fourth-order valence-corrected chi connectivity index (χ4v) is 3.14. The third-order valence-electron chi connectivity index (χ3n) is 3.92. The Morgan fingerprint density at radius 3 is 2.65 bits per heavy atom. The maximum absolute atomic E-state index is 13.7. The van der Waals surface area contributed by atoms with Crippen LogP contribution in [0.4, 0.5) is 8.78 Å². The standard InChI is InChI=1S/C13H14F2N2O.O.Pt/c14-11-7-5-9(13(15)16-11)10-6-4-8-2-1-3-12(18)17(8)10;;/h5,7-8,10H,1-4,6H2;;/t8-,10-;;/m0../s1. The molecule has 1 aromatic heterocycles. The van der Waals surface area contributed by atoms with E-state index in [0.29, 0.717) is 12.0 Å². The van der Waals surface area contributed by atoms with Crippen LogP contribution in [0.25, 0.3) is 0 Å². The Morgan fingerprint density at radius 1 is 1.20 bits per heavy atom. The summed E-state index contributed by atoms with van der Waals surface area (Å²) in [5.74, 6) is -1.53. The topological polar surface area (TPSA) is 50.3 Å². The summed E-state index contributed by atoms with van der Waals surface area (Å²) >= 11 is 0.889. The van der Waals surface area contributed by atoms with Crippen molar-refractivity contribution in [3.8, 4) is 0 Å². The van der Waals surface area contributed by atoms with Crippen LogP contribution in [0.1, 0.15) is 43.7 Å². The van der Waals surface area contributed by atoms with E-state index in [-0.39, 0.29) is 18.0 Å². The third-order valence-corrected chi connectivity index (χ3v) is 3.92. The Kier molecular flexibility index (Phi) is 5.08. The van der Waals surface area contributed by atoms with E-state index in [1.165, 1.54) is 6.07 Å². The third kappa shape index (κ3) is 2.85. The zero-order valence-electron chi connectivity index (χ0n) is 10.6. The first-order chi connectivity index (χ1) is 9.66. The molecule has 0 aromatic carbocycles. The molecule has 2 saturated heterocycles.